The molecule has 0 aliphatic carbocycles. The van der Waals surface area contributed by atoms with Crippen LogP contribution in [0.2, 0.25) is 0 Å². The molecule has 0 unspecified atom stereocenters. The van der Waals surface area contributed by atoms with Crippen LogP contribution in [0.4, 0.5) is 8.78 Å². The predicted octanol–water partition coefficient (Wildman–Crippen LogP) is 5.04. The van der Waals surface area contributed by atoms with Crippen LogP contribution >= 0.6 is 0 Å². The van der Waals surface area contributed by atoms with Crippen LogP contribution < -0.4 is 18.9 Å². The lowest BCUT2D eigenvalue weighted by atomic mass is 9.97. The Labute approximate surface area is 171 Å². The smallest absolute Gasteiger partial charge is 0.197 e. The van der Waals surface area contributed by atoms with Crippen molar-refractivity contribution >= 4 is 0 Å². The Morgan fingerprint density at radius 2 is 1.21 bits per heavy atom. The molecule has 0 atom stereocenters. The molecule has 0 aliphatic rings. The molecule has 5 nitrogen and oxygen atoms in total. The van der Waals surface area contributed by atoms with Crippen LogP contribution in [-0.2, 0) is 5.60 Å². The summed E-state index contributed by atoms with van der Waals surface area (Å²) < 4.78 is 47.4. The molecule has 0 heterocycles. The fraction of sp³-hybridized carbons (Fsp3) is 0.455. The van der Waals surface area contributed by atoms with Gasteiger partial charge in [0.1, 0.15) is 0 Å². The van der Waals surface area contributed by atoms with Crippen molar-refractivity contribution in [3.8, 4) is 23.0 Å². The summed E-state index contributed by atoms with van der Waals surface area (Å²) in [6.07, 6.45) is 0. The monoisotopic (exact) mass is 412 g/mol. The standard InChI is InChI=1S/C11H15FO3.C11H15FO2/c1-11(2,13)7-5-6-8(14-3)10(15-4)9(7)12;1-7(2)8-5-6-9(13-3)11(14-4)10(8)12/h5-6,13H,1-4H3;5-7H,1-4H3. The van der Waals surface area contributed by atoms with E-state index >= 15 is 0 Å². The third kappa shape index (κ3) is 5.73. The lowest BCUT2D eigenvalue weighted by Gasteiger charge is -2.20. The normalized spacial score (nSPS) is 10.9. The van der Waals surface area contributed by atoms with Gasteiger partial charge in [0.15, 0.2) is 34.6 Å². The molecule has 162 valence electrons. The first-order valence-corrected chi connectivity index (χ1v) is 9.07. The van der Waals surface area contributed by atoms with E-state index in [1.165, 1.54) is 48.4 Å². The molecule has 0 fully saturated rings. The van der Waals surface area contributed by atoms with Crippen LogP contribution in [0.3, 0.4) is 0 Å². The molecule has 0 aliphatic heterocycles. The van der Waals surface area contributed by atoms with Gasteiger partial charge < -0.3 is 24.1 Å². The third-order valence-corrected chi connectivity index (χ3v) is 4.28. The van der Waals surface area contributed by atoms with Crippen LogP contribution in [0.25, 0.3) is 0 Å². The summed E-state index contributed by atoms with van der Waals surface area (Å²) in [7, 11) is 5.72. The van der Waals surface area contributed by atoms with Crippen molar-refractivity contribution in [1.29, 1.82) is 0 Å². The summed E-state index contributed by atoms with van der Waals surface area (Å²) in [5, 5.41) is 9.72. The van der Waals surface area contributed by atoms with Gasteiger partial charge in [-0.25, -0.2) is 8.78 Å². The van der Waals surface area contributed by atoms with Crippen molar-refractivity contribution in [1.82, 2.24) is 0 Å². The second kappa shape index (κ2) is 10.3. The zero-order valence-electron chi connectivity index (χ0n) is 18.2. The molecule has 0 radical (unpaired) electrons. The summed E-state index contributed by atoms with van der Waals surface area (Å²) >= 11 is 0. The average molecular weight is 412 g/mol. The van der Waals surface area contributed by atoms with Crippen molar-refractivity contribution in [2.75, 3.05) is 28.4 Å². The van der Waals surface area contributed by atoms with Gasteiger partial charge in [-0.3, -0.25) is 0 Å². The molecular formula is C22H30F2O5. The Bertz CT molecular complexity index is 814. The summed E-state index contributed by atoms with van der Waals surface area (Å²) in [5.41, 5.74) is -0.424. The first-order valence-electron chi connectivity index (χ1n) is 9.07. The number of benzene rings is 2. The Morgan fingerprint density at radius 1 is 0.759 bits per heavy atom. The van der Waals surface area contributed by atoms with Crippen molar-refractivity contribution in [2.24, 2.45) is 0 Å². The van der Waals surface area contributed by atoms with Crippen LogP contribution in [0.1, 0.15) is 44.7 Å². The van der Waals surface area contributed by atoms with E-state index in [0.717, 1.165) is 0 Å². The molecule has 0 saturated heterocycles. The minimum atomic E-state index is -1.25. The van der Waals surface area contributed by atoms with Crippen molar-refractivity contribution < 1.29 is 32.8 Å². The Kier molecular flexibility index (Phi) is 8.70. The lowest BCUT2D eigenvalue weighted by molar-refractivity contribution is 0.0738. The van der Waals surface area contributed by atoms with Gasteiger partial charge in [-0.2, -0.15) is 0 Å². The molecule has 2 aromatic carbocycles. The molecule has 0 amide bonds. The van der Waals surface area contributed by atoms with Gasteiger partial charge in [-0.05, 0) is 43.5 Å². The molecule has 2 rings (SSSR count). The first-order chi connectivity index (χ1) is 13.5. The van der Waals surface area contributed by atoms with E-state index in [0.29, 0.717) is 17.1 Å². The van der Waals surface area contributed by atoms with Crippen molar-refractivity contribution in [3.05, 3.63) is 47.0 Å². The number of halogens is 2. The van der Waals surface area contributed by atoms with E-state index in [1.807, 2.05) is 13.8 Å². The minimum Gasteiger partial charge on any atom is -0.493 e. The summed E-state index contributed by atoms with van der Waals surface area (Å²) in [5.74, 6) is 0.134. The third-order valence-electron chi connectivity index (χ3n) is 4.28. The number of ether oxygens (including phenoxy) is 4. The van der Waals surface area contributed by atoms with Crippen LogP contribution in [0.15, 0.2) is 24.3 Å². The fourth-order valence-corrected chi connectivity index (χ4v) is 2.71. The highest BCUT2D eigenvalue weighted by Crippen LogP contribution is 2.36. The molecule has 2 aromatic rings. The fourth-order valence-electron chi connectivity index (χ4n) is 2.71. The Morgan fingerprint density at radius 3 is 1.59 bits per heavy atom. The second-order valence-electron chi connectivity index (χ2n) is 7.08. The van der Waals surface area contributed by atoms with Crippen LogP contribution in [0, 0.1) is 11.6 Å². The summed E-state index contributed by atoms with van der Waals surface area (Å²) in [4.78, 5) is 0. The molecule has 0 saturated carbocycles. The van der Waals surface area contributed by atoms with E-state index in [1.54, 1.807) is 18.2 Å². The largest absolute Gasteiger partial charge is 0.493 e. The number of hydrogen-bond donors (Lipinski definition) is 1. The average Bonchev–Trinajstić information content (AvgIpc) is 2.66. The van der Waals surface area contributed by atoms with E-state index in [9.17, 15) is 13.9 Å². The molecule has 0 aromatic heterocycles. The van der Waals surface area contributed by atoms with Gasteiger partial charge in [0, 0.05) is 5.56 Å². The Hall–Kier alpha value is -2.54. The van der Waals surface area contributed by atoms with Gasteiger partial charge in [0.2, 0.25) is 0 Å². The molecule has 7 heteroatoms. The summed E-state index contributed by atoms with van der Waals surface area (Å²) in [6, 6.07) is 6.49. The maximum absolute atomic E-state index is 13.9. The van der Waals surface area contributed by atoms with E-state index in [-0.39, 0.29) is 28.8 Å². The maximum Gasteiger partial charge on any atom is 0.197 e. The van der Waals surface area contributed by atoms with E-state index < -0.39 is 11.4 Å². The zero-order chi connectivity index (χ0) is 22.4. The van der Waals surface area contributed by atoms with Gasteiger partial charge >= 0.3 is 0 Å². The minimum absolute atomic E-state index is 0.0112. The topological polar surface area (TPSA) is 57.2 Å². The number of hydrogen-bond acceptors (Lipinski definition) is 5. The quantitative estimate of drug-likeness (QED) is 0.721. The molecular weight excluding hydrogens is 382 g/mol. The number of methoxy groups -OCH3 is 4. The molecule has 1 N–H and O–H groups in total. The van der Waals surface area contributed by atoms with Gasteiger partial charge in [-0.1, -0.05) is 19.9 Å². The molecule has 29 heavy (non-hydrogen) atoms. The highest BCUT2D eigenvalue weighted by atomic mass is 19.1. The highest BCUT2D eigenvalue weighted by molar-refractivity contribution is 5.46. The van der Waals surface area contributed by atoms with Gasteiger partial charge in [0.25, 0.3) is 0 Å². The zero-order valence-corrected chi connectivity index (χ0v) is 18.2. The SMILES string of the molecule is COc1ccc(C(C)(C)O)c(F)c1OC.COc1ccc(C(C)C)c(F)c1OC. The van der Waals surface area contributed by atoms with E-state index in [2.05, 4.69) is 0 Å². The van der Waals surface area contributed by atoms with Gasteiger partial charge in [0.05, 0.1) is 34.0 Å². The summed E-state index contributed by atoms with van der Waals surface area (Å²) in [6.45, 7) is 6.89. The van der Waals surface area contributed by atoms with Crippen molar-refractivity contribution in [3.63, 3.8) is 0 Å². The van der Waals surface area contributed by atoms with Gasteiger partial charge in [-0.15, -0.1) is 0 Å². The lowest BCUT2D eigenvalue weighted by Crippen LogP contribution is -2.18. The maximum atomic E-state index is 13.9. The molecule has 0 spiro atoms. The predicted molar refractivity (Wildman–Crippen MR) is 108 cm³/mol. The molecule has 0 bridgehead atoms. The number of aliphatic hydroxyl groups is 1. The van der Waals surface area contributed by atoms with Crippen LogP contribution in [0.5, 0.6) is 23.0 Å². The first kappa shape index (κ1) is 24.5. The Balaban J connectivity index is 0.000000291. The number of rotatable bonds is 6. The second-order valence-corrected chi connectivity index (χ2v) is 7.08. The van der Waals surface area contributed by atoms with Crippen LogP contribution in [-0.4, -0.2) is 33.5 Å². The van der Waals surface area contributed by atoms with Crippen molar-refractivity contribution in [2.45, 2.75) is 39.2 Å². The van der Waals surface area contributed by atoms with E-state index in [4.69, 9.17) is 18.9 Å². The highest BCUT2D eigenvalue weighted by Gasteiger charge is 2.25.